The standard InChI is InChI=1S/C10H20F2/c1-4-5-10(9(3)12)8(2)6-7-11/h8-10H,4-7H2,1-3H3. The summed E-state index contributed by atoms with van der Waals surface area (Å²) in [6.07, 6.45) is 1.55. The fourth-order valence-corrected chi connectivity index (χ4v) is 1.69. The molecule has 0 spiro atoms. The summed E-state index contributed by atoms with van der Waals surface area (Å²) in [4.78, 5) is 0. The summed E-state index contributed by atoms with van der Waals surface area (Å²) in [7, 11) is 0. The lowest BCUT2D eigenvalue weighted by atomic mass is 9.85. The van der Waals surface area contributed by atoms with Crippen LogP contribution in [0.25, 0.3) is 0 Å². The zero-order valence-corrected chi connectivity index (χ0v) is 8.32. The Morgan fingerprint density at radius 1 is 1.17 bits per heavy atom. The zero-order valence-electron chi connectivity index (χ0n) is 8.32. The first-order valence-corrected chi connectivity index (χ1v) is 4.83. The average Bonchev–Trinajstić information content (AvgIpc) is 1.99. The van der Waals surface area contributed by atoms with Crippen molar-refractivity contribution >= 4 is 0 Å². The van der Waals surface area contributed by atoms with Gasteiger partial charge in [-0.25, -0.2) is 4.39 Å². The normalized spacial score (nSPS) is 18.8. The molecule has 0 N–H and O–H groups in total. The van der Waals surface area contributed by atoms with Crippen molar-refractivity contribution in [2.75, 3.05) is 6.67 Å². The monoisotopic (exact) mass is 178 g/mol. The highest BCUT2D eigenvalue weighted by Gasteiger charge is 2.21. The molecule has 0 aliphatic rings. The van der Waals surface area contributed by atoms with Crippen molar-refractivity contribution < 1.29 is 8.78 Å². The van der Waals surface area contributed by atoms with E-state index in [-0.39, 0.29) is 18.5 Å². The van der Waals surface area contributed by atoms with Gasteiger partial charge in [-0.3, -0.25) is 4.39 Å². The molecule has 0 aliphatic heterocycles. The first-order valence-electron chi connectivity index (χ1n) is 4.83. The number of halogens is 2. The Hall–Kier alpha value is -0.140. The molecule has 0 heterocycles. The van der Waals surface area contributed by atoms with Crippen molar-refractivity contribution in [1.82, 2.24) is 0 Å². The van der Waals surface area contributed by atoms with E-state index in [0.717, 1.165) is 12.8 Å². The van der Waals surface area contributed by atoms with Crippen molar-refractivity contribution in [3.8, 4) is 0 Å². The van der Waals surface area contributed by atoms with E-state index in [9.17, 15) is 8.78 Å². The summed E-state index contributed by atoms with van der Waals surface area (Å²) in [5.74, 6) is 0.223. The maximum absolute atomic E-state index is 13.0. The van der Waals surface area contributed by atoms with Gasteiger partial charge in [-0.1, -0.05) is 20.3 Å². The molecule has 0 aromatic carbocycles. The predicted molar refractivity (Wildman–Crippen MR) is 48.7 cm³/mol. The van der Waals surface area contributed by atoms with E-state index in [1.165, 1.54) is 0 Å². The van der Waals surface area contributed by atoms with Crippen LogP contribution < -0.4 is 0 Å². The van der Waals surface area contributed by atoms with Crippen molar-refractivity contribution in [2.24, 2.45) is 11.8 Å². The van der Waals surface area contributed by atoms with Crippen LogP contribution in [0.5, 0.6) is 0 Å². The third-order valence-corrected chi connectivity index (χ3v) is 2.51. The van der Waals surface area contributed by atoms with E-state index in [1.54, 1.807) is 6.92 Å². The van der Waals surface area contributed by atoms with Crippen LogP contribution in [0.2, 0.25) is 0 Å². The van der Waals surface area contributed by atoms with Crippen LogP contribution in [0.15, 0.2) is 0 Å². The Kier molecular flexibility index (Phi) is 6.31. The molecule has 0 amide bonds. The fraction of sp³-hybridized carbons (Fsp3) is 1.00. The second-order valence-corrected chi connectivity index (χ2v) is 3.59. The van der Waals surface area contributed by atoms with Gasteiger partial charge in [-0.2, -0.15) is 0 Å². The highest BCUT2D eigenvalue weighted by molar-refractivity contribution is 4.71. The van der Waals surface area contributed by atoms with Crippen molar-refractivity contribution in [2.45, 2.75) is 46.2 Å². The van der Waals surface area contributed by atoms with Gasteiger partial charge >= 0.3 is 0 Å². The molecule has 12 heavy (non-hydrogen) atoms. The molecule has 0 aliphatic carbocycles. The van der Waals surface area contributed by atoms with E-state index in [1.807, 2.05) is 13.8 Å². The molecular formula is C10H20F2. The summed E-state index contributed by atoms with van der Waals surface area (Å²) in [5, 5.41) is 0. The Morgan fingerprint density at radius 3 is 2.08 bits per heavy atom. The molecule has 0 nitrogen and oxygen atoms in total. The second-order valence-electron chi connectivity index (χ2n) is 3.59. The number of hydrogen-bond donors (Lipinski definition) is 0. The summed E-state index contributed by atoms with van der Waals surface area (Å²) >= 11 is 0. The third kappa shape index (κ3) is 4.03. The second kappa shape index (κ2) is 6.38. The lowest BCUT2D eigenvalue weighted by molar-refractivity contribution is 0.163. The predicted octanol–water partition coefficient (Wildman–Crippen LogP) is 3.76. The smallest absolute Gasteiger partial charge is 0.100 e. The quantitative estimate of drug-likeness (QED) is 0.581. The molecule has 2 heteroatoms. The van der Waals surface area contributed by atoms with E-state index in [0.29, 0.717) is 6.42 Å². The Bertz CT molecular complexity index is 102. The molecule has 0 bridgehead atoms. The molecule has 0 radical (unpaired) electrons. The molecule has 0 saturated carbocycles. The average molecular weight is 178 g/mol. The third-order valence-electron chi connectivity index (χ3n) is 2.51. The van der Waals surface area contributed by atoms with Crippen LogP contribution in [0, 0.1) is 11.8 Å². The molecule has 3 atom stereocenters. The summed E-state index contributed by atoms with van der Waals surface area (Å²) in [5.41, 5.74) is 0. The van der Waals surface area contributed by atoms with Crippen molar-refractivity contribution in [1.29, 1.82) is 0 Å². The zero-order chi connectivity index (χ0) is 9.56. The minimum Gasteiger partial charge on any atom is -0.251 e. The summed E-state index contributed by atoms with van der Waals surface area (Å²) in [6.45, 7) is 5.23. The van der Waals surface area contributed by atoms with Gasteiger partial charge in [0.25, 0.3) is 0 Å². The molecule has 0 saturated heterocycles. The van der Waals surface area contributed by atoms with Gasteiger partial charge in [0.2, 0.25) is 0 Å². The van der Waals surface area contributed by atoms with Gasteiger partial charge in [-0.15, -0.1) is 0 Å². The Balaban J connectivity index is 3.90. The number of alkyl halides is 2. The van der Waals surface area contributed by atoms with Crippen molar-refractivity contribution in [3.63, 3.8) is 0 Å². The first kappa shape index (κ1) is 11.9. The first-order chi connectivity index (χ1) is 5.63. The van der Waals surface area contributed by atoms with E-state index in [2.05, 4.69) is 0 Å². The Labute approximate surface area is 74.4 Å². The highest BCUT2D eigenvalue weighted by atomic mass is 19.1. The van der Waals surface area contributed by atoms with Crippen LogP contribution >= 0.6 is 0 Å². The van der Waals surface area contributed by atoms with Crippen LogP contribution in [-0.2, 0) is 0 Å². The lowest BCUT2D eigenvalue weighted by Gasteiger charge is -2.23. The molecular weight excluding hydrogens is 158 g/mol. The van der Waals surface area contributed by atoms with Crippen LogP contribution in [0.4, 0.5) is 8.78 Å². The molecule has 0 aromatic rings. The van der Waals surface area contributed by atoms with Crippen molar-refractivity contribution in [3.05, 3.63) is 0 Å². The van der Waals surface area contributed by atoms with Gasteiger partial charge in [0.05, 0.1) is 6.67 Å². The molecule has 3 unspecified atom stereocenters. The van der Waals surface area contributed by atoms with Gasteiger partial charge in [0.15, 0.2) is 0 Å². The SMILES string of the molecule is CCCC(C(C)F)C(C)CCF. The number of rotatable bonds is 6. The maximum Gasteiger partial charge on any atom is 0.100 e. The van der Waals surface area contributed by atoms with Gasteiger partial charge < -0.3 is 0 Å². The van der Waals surface area contributed by atoms with Crippen LogP contribution in [0.1, 0.15) is 40.0 Å². The minimum absolute atomic E-state index is 0.0470. The van der Waals surface area contributed by atoms with E-state index < -0.39 is 6.17 Å². The molecule has 0 fully saturated rings. The van der Waals surface area contributed by atoms with E-state index in [4.69, 9.17) is 0 Å². The maximum atomic E-state index is 13.0. The topological polar surface area (TPSA) is 0 Å². The molecule has 0 rings (SSSR count). The minimum atomic E-state index is -0.800. The summed E-state index contributed by atoms with van der Waals surface area (Å²) in [6, 6.07) is 0. The highest BCUT2D eigenvalue weighted by Crippen LogP contribution is 2.25. The van der Waals surface area contributed by atoms with Crippen LogP contribution in [-0.4, -0.2) is 12.8 Å². The molecule has 0 aromatic heterocycles. The number of hydrogen-bond acceptors (Lipinski definition) is 0. The van der Waals surface area contributed by atoms with Gasteiger partial charge in [-0.05, 0) is 31.6 Å². The lowest BCUT2D eigenvalue weighted by Crippen LogP contribution is -2.21. The molecule has 74 valence electrons. The van der Waals surface area contributed by atoms with Crippen LogP contribution in [0.3, 0.4) is 0 Å². The van der Waals surface area contributed by atoms with E-state index >= 15 is 0 Å². The largest absolute Gasteiger partial charge is 0.251 e. The fourth-order valence-electron chi connectivity index (χ4n) is 1.69. The van der Waals surface area contributed by atoms with Gasteiger partial charge in [0.1, 0.15) is 6.17 Å². The van der Waals surface area contributed by atoms with Gasteiger partial charge in [0, 0.05) is 0 Å². The Morgan fingerprint density at radius 2 is 1.75 bits per heavy atom. The summed E-state index contributed by atoms with van der Waals surface area (Å²) < 4.78 is 25.0.